The fourth-order valence-electron chi connectivity index (χ4n) is 3.99. The zero-order chi connectivity index (χ0) is 21.8. The molecule has 2 rings (SSSR count). The molecule has 164 valence electrons. The molecule has 2 N–H and O–H groups in total. The molecule has 2 atom stereocenters. The van der Waals surface area contributed by atoms with Gasteiger partial charge in [0, 0.05) is 24.8 Å². The molecule has 2 unspecified atom stereocenters. The molecule has 1 aromatic rings. The number of hydrogen-bond donors (Lipinski definition) is 2. The van der Waals surface area contributed by atoms with Crippen LogP contribution in [0.5, 0.6) is 0 Å². The molecule has 1 fully saturated rings. The van der Waals surface area contributed by atoms with Gasteiger partial charge in [-0.2, -0.15) is 4.31 Å². The van der Waals surface area contributed by atoms with Crippen molar-refractivity contribution in [2.75, 3.05) is 18.9 Å². The Morgan fingerprint density at radius 3 is 2.28 bits per heavy atom. The summed E-state index contributed by atoms with van der Waals surface area (Å²) >= 11 is 0. The third kappa shape index (κ3) is 6.27. The van der Waals surface area contributed by atoms with Crippen LogP contribution in [-0.2, 0) is 14.8 Å². The van der Waals surface area contributed by atoms with Crippen LogP contribution in [0.1, 0.15) is 60.3 Å². The number of nitrogens with zero attached hydrogens (tertiary/aromatic N) is 1. The van der Waals surface area contributed by atoms with Crippen LogP contribution in [0.3, 0.4) is 0 Å². The third-order valence-corrected chi connectivity index (χ3v) is 7.99. The van der Waals surface area contributed by atoms with Gasteiger partial charge in [-0.25, -0.2) is 8.42 Å². The lowest BCUT2D eigenvalue weighted by Gasteiger charge is -2.40. The molecule has 0 radical (unpaired) electrons. The SMILES string of the molecule is CC(C)N(C)S(=O)(=O)c1ccc(NC(=O)CNC2CCCCC2C(C)(C)C)cc1. The van der Waals surface area contributed by atoms with Gasteiger partial charge in [-0.15, -0.1) is 0 Å². The maximum Gasteiger partial charge on any atom is 0.243 e. The molecule has 1 amide bonds. The van der Waals surface area contributed by atoms with Gasteiger partial charge >= 0.3 is 0 Å². The molecule has 0 bridgehead atoms. The zero-order valence-electron chi connectivity index (χ0n) is 18.7. The van der Waals surface area contributed by atoms with Crippen molar-refractivity contribution in [3.8, 4) is 0 Å². The summed E-state index contributed by atoms with van der Waals surface area (Å²) in [6, 6.07) is 6.58. The van der Waals surface area contributed by atoms with Crippen molar-refractivity contribution in [1.29, 1.82) is 0 Å². The van der Waals surface area contributed by atoms with Crippen molar-refractivity contribution in [2.24, 2.45) is 11.3 Å². The van der Waals surface area contributed by atoms with E-state index in [1.807, 2.05) is 13.8 Å². The van der Waals surface area contributed by atoms with Crippen molar-refractivity contribution in [1.82, 2.24) is 9.62 Å². The Hall–Kier alpha value is -1.44. The number of anilines is 1. The third-order valence-electron chi connectivity index (χ3n) is 5.95. The number of sulfonamides is 1. The van der Waals surface area contributed by atoms with Crippen molar-refractivity contribution in [3.63, 3.8) is 0 Å². The van der Waals surface area contributed by atoms with Gasteiger partial charge in [-0.1, -0.05) is 33.6 Å². The van der Waals surface area contributed by atoms with E-state index in [1.54, 1.807) is 19.2 Å². The number of carbonyl (C=O) groups is 1. The highest BCUT2D eigenvalue weighted by atomic mass is 32.2. The van der Waals surface area contributed by atoms with Gasteiger partial charge in [-0.05, 0) is 62.3 Å². The van der Waals surface area contributed by atoms with E-state index < -0.39 is 10.0 Å². The monoisotopic (exact) mass is 423 g/mol. The van der Waals surface area contributed by atoms with Crippen LogP contribution >= 0.6 is 0 Å². The van der Waals surface area contributed by atoms with Crippen LogP contribution in [0.25, 0.3) is 0 Å². The Morgan fingerprint density at radius 1 is 1.14 bits per heavy atom. The first-order valence-corrected chi connectivity index (χ1v) is 12.0. The second kappa shape index (κ2) is 9.58. The Morgan fingerprint density at radius 2 is 1.72 bits per heavy atom. The van der Waals surface area contributed by atoms with Gasteiger partial charge in [0.15, 0.2) is 0 Å². The Kier molecular flexibility index (Phi) is 7.87. The summed E-state index contributed by atoms with van der Waals surface area (Å²) in [5.41, 5.74) is 0.818. The normalized spacial score (nSPS) is 20.8. The van der Waals surface area contributed by atoms with Crippen molar-refractivity contribution in [2.45, 2.75) is 77.3 Å². The summed E-state index contributed by atoms with van der Waals surface area (Å²) in [6.07, 6.45) is 4.76. The molecule has 0 saturated heterocycles. The van der Waals surface area contributed by atoms with E-state index in [4.69, 9.17) is 0 Å². The standard InChI is InChI=1S/C22H37N3O3S/c1-16(2)25(6)29(27,28)18-13-11-17(12-14-18)24-21(26)15-23-20-10-8-7-9-19(20)22(3,4)5/h11-14,16,19-20,23H,7-10,15H2,1-6H3,(H,24,26). The lowest BCUT2D eigenvalue weighted by Crippen LogP contribution is -2.46. The zero-order valence-corrected chi connectivity index (χ0v) is 19.5. The largest absolute Gasteiger partial charge is 0.325 e. The van der Waals surface area contributed by atoms with E-state index in [-0.39, 0.29) is 28.8 Å². The van der Waals surface area contributed by atoms with Gasteiger partial charge in [-0.3, -0.25) is 4.79 Å². The molecule has 0 spiro atoms. The Balaban J connectivity index is 1.94. The van der Waals surface area contributed by atoms with Gasteiger partial charge in [0.25, 0.3) is 0 Å². The minimum Gasteiger partial charge on any atom is -0.325 e. The molecule has 1 saturated carbocycles. The first kappa shape index (κ1) is 23.8. The molecule has 1 aromatic carbocycles. The van der Waals surface area contributed by atoms with Crippen LogP contribution < -0.4 is 10.6 Å². The fourth-order valence-corrected chi connectivity index (χ4v) is 5.36. The molecule has 1 aliphatic carbocycles. The first-order chi connectivity index (χ1) is 13.4. The molecule has 1 aliphatic rings. The number of rotatable bonds is 7. The van der Waals surface area contributed by atoms with Gasteiger partial charge < -0.3 is 10.6 Å². The summed E-state index contributed by atoms with van der Waals surface area (Å²) in [7, 11) is -1.95. The van der Waals surface area contributed by atoms with Gasteiger partial charge in [0.05, 0.1) is 11.4 Å². The van der Waals surface area contributed by atoms with Crippen LogP contribution in [-0.4, -0.2) is 44.3 Å². The van der Waals surface area contributed by atoms with E-state index in [0.717, 1.165) is 6.42 Å². The van der Waals surface area contributed by atoms with Crippen molar-refractivity contribution >= 4 is 21.6 Å². The fraction of sp³-hybridized carbons (Fsp3) is 0.682. The van der Waals surface area contributed by atoms with Crippen LogP contribution in [0.15, 0.2) is 29.2 Å². The Bertz CT molecular complexity index is 783. The predicted molar refractivity (Wildman–Crippen MR) is 118 cm³/mol. The van der Waals surface area contributed by atoms with Gasteiger partial charge in [0.2, 0.25) is 15.9 Å². The number of nitrogens with one attached hydrogen (secondary N) is 2. The molecule has 29 heavy (non-hydrogen) atoms. The highest BCUT2D eigenvalue weighted by Gasteiger charge is 2.34. The number of carbonyl (C=O) groups excluding carboxylic acids is 1. The van der Waals surface area contributed by atoms with Crippen molar-refractivity contribution in [3.05, 3.63) is 24.3 Å². The lowest BCUT2D eigenvalue weighted by molar-refractivity contribution is -0.115. The average Bonchev–Trinajstić information content (AvgIpc) is 2.65. The topological polar surface area (TPSA) is 78.5 Å². The summed E-state index contributed by atoms with van der Waals surface area (Å²) < 4.78 is 26.4. The van der Waals surface area contributed by atoms with Crippen LogP contribution in [0.2, 0.25) is 0 Å². The van der Waals surface area contributed by atoms with E-state index in [2.05, 4.69) is 31.4 Å². The predicted octanol–water partition coefficient (Wildman–Crippen LogP) is 3.85. The minimum absolute atomic E-state index is 0.113. The maximum atomic E-state index is 12.5. The van der Waals surface area contributed by atoms with Crippen molar-refractivity contribution < 1.29 is 13.2 Å². The molecule has 7 heteroatoms. The van der Waals surface area contributed by atoms with E-state index in [9.17, 15) is 13.2 Å². The second-order valence-electron chi connectivity index (χ2n) is 9.43. The molecule has 0 aliphatic heterocycles. The maximum absolute atomic E-state index is 12.5. The molecule has 6 nitrogen and oxygen atoms in total. The van der Waals surface area contributed by atoms with Crippen LogP contribution in [0.4, 0.5) is 5.69 Å². The Labute approximate surface area is 176 Å². The summed E-state index contributed by atoms with van der Waals surface area (Å²) in [5.74, 6) is 0.449. The number of benzene rings is 1. The lowest BCUT2D eigenvalue weighted by atomic mass is 9.69. The van der Waals surface area contributed by atoms with Crippen LogP contribution in [0, 0.1) is 11.3 Å². The van der Waals surface area contributed by atoms with Gasteiger partial charge in [0.1, 0.15) is 0 Å². The second-order valence-corrected chi connectivity index (χ2v) is 11.4. The molecular weight excluding hydrogens is 386 g/mol. The molecule has 0 aromatic heterocycles. The van der Waals surface area contributed by atoms with E-state index in [1.165, 1.54) is 35.7 Å². The summed E-state index contributed by atoms with van der Waals surface area (Å²) in [5, 5.41) is 6.30. The first-order valence-electron chi connectivity index (χ1n) is 10.5. The quantitative estimate of drug-likeness (QED) is 0.698. The summed E-state index contributed by atoms with van der Waals surface area (Å²) in [6.45, 7) is 10.7. The highest BCUT2D eigenvalue weighted by Crippen LogP contribution is 2.37. The molecular formula is C22H37N3O3S. The molecule has 0 heterocycles. The minimum atomic E-state index is -3.52. The number of amides is 1. The van der Waals surface area contributed by atoms with E-state index >= 15 is 0 Å². The smallest absolute Gasteiger partial charge is 0.243 e. The van der Waals surface area contributed by atoms with E-state index in [0.29, 0.717) is 17.6 Å². The average molecular weight is 424 g/mol. The number of hydrogen-bond acceptors (Lipinski definition) is 4. The highest BCUT2D eigenvalue weighted by molar-refractivity contribution is 7.89. The summed E-state index contributed by atoms with van der Waals surface area (Å²) in [4.78, 5) is 12.6.